The third-order valence-corrected chi connectivity index (χ3v) is 2.40. The maximum atomic E-state index is 4.43. The van der Waals surface area contributed by atoms with E-state index in [1.54, 1.807) is 0 Å². The highest BCUT2D eigenvalue weighted by atomic mass is 15.2. The first-order chi connectivity index (χ1) is 7.18. The molecule has 0 fully saturated rings. The topological polar surface area (TPSA) is 30.7 Å². The quantitative estimate of drug-likeness (QED) is 0.747. The van der Waals surface area contributed by atoms with Gasteiger partial charge in [-0.15, -0.1) is 0 Å². The lowest BCUT2D eigenvalue weighted by Gasteiger charge is -2.09. The molecular weight excluding hydrogens is 186 g/mol. The summed E-state index contributed by atoms with van der Waals surface area (Å²) in [5.41, 5.74) is 3.44. The van der Waals surface area contributed by atoms with Crippen LogP contribution in [0.2, 0.25) is 0 Å². The highest BCUT2D eigenvalue weighted by molar-refractivity contribution is 5.64. The van der Waals surface area contributed by atoms with Crippen molar-refractivity contribution in [2.45, 2.75) is 19.8 Å². The third-order valence-electron chi connectivity index (χ3n) is 2.40. The molecule has 0 amide bonds. The van der Waals surface area contributed by atoms with Gasteiger partial charge in [-0.1, -0.05) is 19.9 Å². The fourth-order valence-corrected chi connectivity index (χ4v) is 1.68. The third kappa shape index (κ3) is 1.91. The lowest BCUT2D eigenvalue weighted by atomic mass is 10.0. The van der Waals surface area contributed by atoms with E-state index in [1.807, 2.05) is 36.4 Å². The van der Waals surface area contributed by atoms with Gasteiger partial charge in [-0.3, -0.25) is 9.67 Å². The Morgan fingerprint density at radius 3 is 2.73 bits per heavy atom. The SMILES string of the molecule is CC(C)c1ncccc1-c1cnn(C)c1. The standard InChI is InChI=1S/C12H15N3/c1-9(2)12-11(5-4-6-13-12)10-7-14-15(3)8-10/h4-9H,1-3H3. The zero-order valence-electron chi connectivity index (χ0n) is 9.31. The molecule has 0 spiro atoms. The molecule has 2 aromatic rings. The average molecular weight is 201 g/mol. The van der Waals surface area contributed by atoms with E-state index < -0.39 is 0 Å². The zero-order valence-corrected chi connectivity index (χ0v) is 9.31. The smallest absolute Gasteiger partial charge is 0.0568 e. The lowest BCUT2D eigenvalue weighted by molar-refractivity contribution is 0.768. The predicted molar refractivity (Wildman–Crippen MR) is 60.5 cm³/mol. The van der Waals surface area contributed by atoms with Crippen LogP contribution in [0.1, 0.15) is 25.5 Å². The van der Waals surface area contributed by atoms with E-state index in [0.29, 0.717) is 5.92 Å². The number of nitrogens with zero attached hydrogens (tertiary/aromatic N) is 3. The fourth-order valence-electron chi connectivity index (χ4n) is 1.68. The molecule has 0 saturated heterocycles. The summed E-state index contributed by atoms with van der Waals surface area (Å²) in [6, 6.07) is 4.06. The van der Waals surface area contributed by atoms with Crippen molar-refractivity contribution in [3.8, 4) is 11.1 Å². The zero-order chi connectivity index (χ0) is 10.8. The normalized spacial score (nSPS) is 10.9. The molecular formula is C12H15N3. The van der Waals surface area contributed by atoms with E-state index in [0.717, 1.165) is 11.3 Å². The highest BCUT2D eigenvalue weighted by Gasteiger charge is 2.10. The van der Waals surface area contributed by atoms with Crippen molar-refractivity contribution < 1.29 is 0 Å². The van der Waals surface area contributed by atoms with Crippen LogP contribution in [0.5, 0.6) is 0 Å². The van der Waals surface area contributed by atoms with Crippen LogP contribution in [-0.2, 0) is 7.05 Å². The van der Waals surface area contributed by atoms with E-state index >= 15 is 0 Å². The van der Waals surface area contributed by atoms with Gasteiger partial charge < -0.3 is 0 Å². The Morgan fingerprint density at radius 2 is 2.13 bits per heavy atom. The summed E-state index contributed by atoms with van der Waals surface area (Å²) < 4.78 is 1.81. The number of hydrogen-bond donors (Lipinski definition) is 0. The van der Waals surface area contributed by atoms with Gasteiger partial charge in [-0.2, -0.15) is 5.10 Å². The Bertz CT molecular complexity index is 457. The maximum Gasteiger partial charge on any atom is 0.0568 e. The van der Waals surface area contributed by atoms with Gasteiger partial charge >= 0.3 is 0 Å². The molecule has 78 valence electrons. The summed E-state index contributed by atoms with van der Waals surface area (Å²) in [6.45, 7) is 4.31. The second-order valence-corrected chi connectivity index (χ2v) is 3.99. The molecule has 2 heterocycles. The van der Waals surface area contributed by atoms with Gasteiger partial charge in [0.2, 0.25) is 0 Å². The molecule has 2 aromatic heterocycles. The van der Waals surface area contributed by atoms with Crippen molar-refractivity contribution in [1.82, 2.24) is 14.8 Å². The van der Waals surface area contributed by atoms with Crippen LogP contribution in [0, 0.1) is 0 Å². The Morgan fingerprint density at radius 1 is 1.33 bits per heavy atom. The minimum Gasteiger partial charge on any atom is -0.275 e. The van der Waals surface area contributed by atoms with Crippen LogP contribution >= 0.6 is 0 Å². The van der Waals surface area contributed by atoms with Gasteiger partial charge in [-0.05, 0) is 12.0 Å². The minimum atomic E-state index is 0.432. The van der Waals surface area contributed by atoms with E-state index in [4.69, 9.17) is 0 Å². The number of pyridine rings is 1. The Kier molecular flexibility index (Phi) is 2.54. The first kappa shape index (κ1) is 9.90. The molecule has 15 heavy (non-hydrogen) atoms. The molecule has 0 bridgehead atoms. The maximum absolute atomic E-state index is 4.43. The summed E-state index contributed by atoms with van der Waals surface area (Å²) in [4.78, 5) is 4.43. The van der Waals surface area contributed by atoms with E-state index in [-0.39, 0.29) is 0 Å². The monoisotopic (exact) mass is 201 g/mol. The summed E-state index contributed by atoms with van der Waals surface area (Å²) in [6.07, 6.45) is 5.74. The highest BCUT2D eigenvalue weighted by Crippen LogP contribution is 2.26. The Balaban J connectivity index is 2.52. The van der Waals surface area contributed by atoms with Gasteiger partial charge in [0, 0.05) is 30.6 Å². The molecule has 0 unspecified atom stereocenters. The molecule has 0 N–H and O–H groups in total. The van der Waals surface area contributed by atoms with Crippen LogP contribution in [0.25, 0.3) is 11.1 Å². The Labute approximate surface area is 89.8 Å². The number of aromatic nitrogens is 3. The lowest BCUT2D eigenvalue weighted by Crippen LogP contribution is -1.95. The largest absolute Gasteiger partial charge is 0.275 e. The first-order valence-electron chi connectivity index (χ1n) is 5.12. The van der Waals surface area contributed by atoms with Crippen LogP contribution in [0.15, 0.2) is 30.7 Å². The van der Waals surface area contributed by atoms with Gasteiger partial charge in [0.25, 0.3) is 0 Å². The van der Waals surface area contributed by atoms with E-state index in [9.17, 15) is 0 Å². The average Bonchev–Trinajstić information content (AvgIpc) is 2.65. The number of rotatable bonds is 2. The van der Waals surface area contributed by atoms with Crippen molar-refractivity contribution in [2.24, 2.45) is 7.05 Å². The van der Waals surface area contributed by atoms with Crippen molar-refractivity contribution in [3.63, 3.8) is 0 Å². The second kappa shape index (κ2) is 3.85. The predicted octanol–water partition coefficient (Wildman–Crippen LogP) is 2.61. The minimum absolute atomic E-state index is 0.432. The van der Waals surface area contributed by atoms with E-state index in [2.05, 4.69) is 30.0 Å². The molecule has 0 aromatic carbocycles. The molecule has 0 saturated carbocycles. The summed E-state index contributed by atoms with van der Waals surface area (Å²) in [5.74, 6) is 0.432. The molecule has 2 rings (SSSR count). The number of hydrogen-bond acceptors (Lipinski definition) is 2. The molecule has 0 radical (unpaired) electrons. The molecule has 0 aliphatic heterocycles. The summed E-state index contributed by atoms with van der Waals surface area (Å²) in [5, 5.41) is 4.18. The summed E-state index contributed by atoms with van der Waals surface area (Å²) >= 11 is 0. The van der Waals surface area contributed by atoms with E-state index in [1.165, 1.54) is 5.56 Å². The van der Waals surface area contributed by atoms with Gasteiger partial charge in [-0.25, -0.2) is 0 Å². The van der Waals surface area contributed by atoms with Gasteiger partial charge in [0.1, 0.15) is 0 Å². The van der Waals surface area contributed by atoms with Crippen molar-refractivity contribution in [2.75, 3.05) is 0 Å². The first-order valence-corrected chi connectivity index (χ1v) is 5.12. The van der Waals surface area contributed by atoms with Crippen LogP contribution < -0.4 is 0 Å². The van der Waals surface area contributed by atoms with Gasteiger partial charge in [0.15, 0.2) is 0 Å². The van der Waals surface area contributed by atoms with Gasteiger partial charge in [0.05, 0.1) is 11.9 Å². The Hall–Kier alpha value is -1.64. The van der Waals surface area contributed by atoms with Crippen molar-refractivity contribution in [3.05, 3.63) is 36.4 Å². The molecule has 0 aliphatic carbocycles. The van der Waals surface area contributed by atoms with Crippen LogP contribution in [0.3, 0.4) is 0 Å². The second-order valence-electron chi connectivity index (χ2n) is 3.99. The summed E-state index contributed by atoms with van der Waals surface area (Å²) in [7, 11) is 1.93. The van der Waals surface area contributed by atoms with Crippen LogP contribution in [0.4, 0.5) is 0 Å². The van der Waals surface area contributed by atoms with Crippen molar-refractivity contribution >= 4 is 0 Å². The number of aryl methyl sites for hydroxylation is 1. The molecule has 0 atom stereocenters. The molecule has 3 heteroatoms. The fraction of sp³-hybridized carbons (Fsp3) is 0.333. The van der Waals surface area contributed by atoms with Crippen molar-refractivity contribution in [1.29, 1.82) is 0 Å². The molecule has 0 aliphatic rings. The van der Waals surface area contributed by atoms with Crippen LogP contribution in [-0.4, -0.2) is 14.8 Å². The molecule has 3 nitrogen and oxygen atoms in total.